The number of alkyl halides is 3. The first-order valence-electron chi connectivity index (χ1n) is 8.16. The summed E-state index contributed by atoms with van der Waals surface area (Å²) in [6.45, 7) is 0. The van der Waals surface area contributed by atoms with Crippen LogP contribution < -0.4 is 11.1 Å². The van der Waals surface area contributed by atoms with Crippen LogP contribution in [0.25, 0.3) is 0 Å². The topological polar surface area (TPSA) is 113 Å². The molecular formula is C18H14F5N5O2. The summed E-state index contributed by atoms with van der Waals surface area (Å²) in [4.78, 5) is 19.2. The molecule has 0 fully saturated rings. The summed E-state index contributed by atoms with van der Waals surface area (Å²) in [5, 5.41) is 10.9. The van der Waals surface area contributed by atoms with E-state index in [1.54, 1.807) is 6.07 Å². The zero-order valence-electron chi connectivity index (χ0n) is 15.3. The Kier molecular flexibility index (Phi) is 6.89. The number of aromatic nitrogens is 1. The number of ether oxygens (including phenoxy) is 1. The van der Waals surface area contributed by atoms with Gasteiger partial charge in [-0.2, -0.15) is 18.4 Å². The third kappa shape index (κ3) is 5.63. The van der Waals surface area contributed by atoms with E-state index in [0.29, 0.717) is 6.07 Å². The molecule has 3 N–H and O–H groups in total. The lowest BCUT2D eigenvalue weighted by molar-refractivity contribution is -0.198. The average molecular weight is 427 g/mol. The Morgan fingerprint density at radius 1 is 1.37 bits per heavy atom. The number of nitriles is 1. The molecule has 12 heteroatoms. The van der Waals surface area contributed by atoms with Crippen molar-refractivity contribution in [1.82, 2.24) is 4.98 Å². The summed E-state index contributed by atoms with van der Waals surface area (Å²) >= 11 is 0. The minimum atomic E-state index is -4.95. The summed E-state index contributed by atoms with van der Waals surface area (Å²) in [7, 11) is 1.09. The van der Waals surface area contributed by atoms with Gasteiger partial charge in [-0.05, 0) is 23.8 Å². The quantitative estimate of drug-likeness (QED) is 0.433. The Hall–Kier alpha value is -3.75. The van der Waals surface area contributed by atoms with Gasteiger partial charge in [0.05, 0.1) is 5.56 Å². The maximum atomic E-state index is 14.1. The van der Waals surface area contributed by atoms with Crippen LogP contribution in [0, 0.1) is 23.0 Å². The number of nitrogens with zero attached hydrogens (tertiary/aromatic N) is 3. The Balaban J connectivity index is 2.29. The zero-order chi connectivity index (χ0) is 22.5. The van der Waals surface area contributed by atoms with Gasteiger partial charge < -0.3 is 15.8 Å². The Morgan fingerprint density at radius 2 is 2.07 bits per heavy atom. The largest absolute Gasteiger partial charge is 0.452 e. The van der Waals surface area contributed by atoms with E-state index in [0.717, 1.165) is 19.3 Å². The lowest BCUT2D eigenvalue weighted by Crippen LogP contribution is -2.38. The number of carbonyl (C=O) groups excluding carboxylic acids is 1. The molecule has 0 saturated heterocycles. The number of anilines is 1. The Labute approximate surface area is 167 Å². The van der Waals surface area contributed by atoms with Crippen molar-refractivity contribution in [2.24, 2.45) is 10.7 Å². The SMILES string of the molecule is CN=C(N)O[C@@H](Cc1cc(NC(=O)c2ccc(C#N)cn2)cc(F)c1F)C(F)(F)F. The second-order valence-electron chi connectivity index (χ2n) is 5.84. The highest BCUT2D eigenvalue weighted by atomic mass is 19.4. The van der Waals surface area contributed by atoms with Gasteiger partial charge in [0, 0.05) is 31.4 Å². The summed E-state index contributed by atoms with van der Waals surface area (Å²) in [6.07, 6.45) is -7.55. The fourth-order valence-electron chi connectivity index (χ4n) is 2.28. The second kappa shape index (κ2) is 9.17. The van der Waals surface area contributed by atoms with Crippen molar-refractivity contribution in [2.75, 3.05) is 12.4 Å². The molecular weight excluding hydrogens is 413 g/mol. The lowest BCUT2D eigenvalue weighted by Gasteiger charge is -2.21. The van der Waals surface area contributed by atoms with E-state index in [9.17, 15) is 26.7 Å². The number of pyridine rings is 1. The average Bonchev–Trinajstić information content (AvgIpc) is 2.70. The summed E-state index contributed by atoms with van der Waals surface area (Å²) in [5.74, 6) is -3.86. The number of rotatable bonds is 5. The summed E-state index contributed by atoms with van der Waals surface area (Å²) in [6, 6.07) is 4.99. The number of amides is 1. The molecule has 1 heterocycles. The van der Waals surface area contributed by atoms with Crippen molar-refractivity contribution in [3.63, 3.8) is 0 Å². The molecule has 1 aromatic heterocycles. The molecule has 158 valence electrons. The van der Waals surface area contributed by atoms with Crippen LogP contribution in [0.15, 0.2) is 35.5 Å². The van der Waals surface area contributed by atoms with Crippen LogP contribution in [-0.2, 0) is 11.2 Å². The molecule has 30 heavy (non-hydrogen) atoms. The third-order valence-corrected chi connectivity index (χ3v) is 3.74. The van der Waals surface area contributed by atoms with Crippen LogP contribution in [0.5, 0.6) is 0 Å². The monoisotopic (exact) mass is 427 g/mol. The number of nitrogens with two attached hydrogens (primary N) is 1. The highest BCUT2D eigenvalue weighted by Crippen LogP contribution is 2.29. The molecule has 0 aliphatic heterocycles. The van der Waals surface area contributed by atoms with Crippen LogP contribution >= 0.6 is 0 Å². The van der Waals surface area contributed by atoms with Crippen molar-refractivity contribution in [3.05, 3.63) is 58.9 Å². The number of halogens is 5. The highest BCUT2D eigenvalue weighted by Gasteiger charge is 2.43. The molecule has 2 rings (SSSR count). The predicted octanol–water partition coefficient (Wildman–Crippen LogP) is 2.92. The fraction of sp³-hybridized carbons (Fsp3) is 0.222. The standard InChI is InChI=1S/C18H14F5N5O2/c1-26-17(25)30-14(18(21,22)23)5-10-4-11(6-12(19)15(10)20)28-16(29)13-3-2-9(7-24)8-27-13/h2-4,6,8,14H,5H2,1H3,(H2,25,26)(H,28,29)/t14-/m0/s1. The van der Waals surface area contributed by atoms with Gasteiger partial charge in [-0.1, -0.05) is 0 Å². The minimum absolute atomic E-state index is 0.149. The normalized spacial score (nSPS) is 12.8. The number of aliphatic imine (C=N–C) groups is 1. The van der Waals surface area contributed by atoms with E-state index in [1.165, 1.54) is 12.1 Å². The van der Waals surface area contributed by atoms with Gasteiger partial charge in [-0.3, -0.25) is 4.79 Å². The molecule has 1 atom stereocenters. The van der Waals surface area contributed by atoms with Gasteiger partial charge >= 0.3 is 6.18 Å². The maximum absolute atomic E-state index is 14.1. The number of hydrogen-bond acceptors (Lipinski definition) is 5. The van der Waals surface area contributed by atoms with Crippen molar-refractivity contribution >= 4 is 17.6 Å². The molecule has 0 saturated carbocycles. The van der Waals surface area contributed by atoms with E-state index < -0.39 is 47.8 Å². The number of carbonyl (C=O) groups is 1. The first-order chi connectivity index (χ1) is 14.0. The molecule has 0 radical (unpaired) electrons. The van der Waals surface area contributed by atoms with E-state index in [2.05, 4.69) is 20.0 Å². The van der Waals surface area contributed by atoms with E-state index in [-0.39, 0.29) is 16.9 Å². The fourth-order valence-corrected chi connectivity index (χ4v) is 2.28. The summed E-state index contributed by atoms with van der Waals surface area (Å²) < 4.78 is 72.0. The Morgan fingerprint density at radius 3 is 2.60 bits per heavy atom. The number of nitrogens with one attached hydrogen (secondary N) is 1. The van der Waals surface area contributed by atoms with Crippen LogP contribution in [-0.4, -0.2) is 36.2 Å². The van der Waals surface area contributed by atoms with E-state index in [1.807, 2.05) is 0 Å². The predicted molar refractivity (Wildman–Crippen MR) is 95.4 cm³/mol. The van der Waals surface area contributed by atoms with Gasteiger partial charge in [0.15, 0.2) is 11.6 Å². The number of hydrogen-bond donors (Lipinski definition) is 2. The van der Waals surface area contributed by atoms with Gasteiger partial charge in [0.2, 0.25) is 6.10 Å². The lowest BCUT2D eigenvalue weighted by atomic mass is 10.1. The molecule has 0 spiro atoms. The molecule has 2 aromatic rings. The molecule has 0 aliphatic carbocycles. The van der Waals surface area contributed by atoms with Crippen molar-refractivity contribution < 1.29 is 31.5 Å². The zero-order valence-corrected chi connectivity index (χ0v) is 15.3. The van der Waals surface area contributed by atoms with Crippen LogP contribution in [0.1, 0.15) is 21.6 Å². The second-order valence-corrected chi connectivity index (χ2v) is 5.84. The van der Waals surface area contributed by atoms with Crippen molar-refractivity contribution in [1.29, 1.82) is 5.26 Å². The number of amidine groups is 1. The van der Waals surface area contributed by atoms with Crippen molar-refractivity contribution in [3.8, 4) is 6.07 Å². The van der Waals surface area contributed by atoms with Gasteiger partial charge in [-0.15, -0.1) is 0 Å². The minimum Gasteiger partial charge on any atom is -0.452 e. The van der Waals surface area contributed by atoms with Gasteiger partial charge in [-0.25, -0.2) is 18.8 Å². The Bertz CT molecular complexity index is 1000. The van der Waals surface area contributed by atoms with Crippen LogP contribution in [0.3, 0.4) is 0 Å². The molecule has 0 aliphatic rings. The molecule has 0 bridgehead atoms. The number of benzene rings is 1. The molecule has 1 aromatic carbocycles. The third-order valence-electron chi connectivity index (χ3n) is 3.74. The molecule has 0 unspecified atom stereocenters. The van der Waals surface area contributed by atoms with E-state index >= 15 is 0 Å². The highest BCUT2D eigenvalue weighted by molar-refractivity contribution is 6.02. The smallest absolute Gasteiger partial charge is 0.425 e. The van der Waals surface area contributed by atoms with Crippen LogP contribution in [0.2, 0.25) is 0 Å². The molecule has 1 amide bonds. The molecule has 7 nitrogen and oxygen atoms in total. The van der Waals surface area contributed by atoms with Crippen molar-refractivity contribution in [2.45, 2.75) is 18.7 Å². The van der Waals surface area contributed by atoms with E-state index in [4.69, 9.17) is 11.0 Å². The first kappa shape index (κ1) is 22.5. The van der Waals surface area contributed by atoms with Gasteiger partial charge in [0.25, 0.3) is 11.9 Å². The maximum Gasteiger partial charge on any atom is 0.425 e. The van der Waals surface area contributed by atoms with Gasteiger partial charge in [0.1, 0.15) is 11.8 Å². The van der Waals surface area contributed by atoms with Crippen LogP contribution in [0.4, 0.5) is 27.6 Å². The first-order valence-corrected chi connectivity index (χ1v) is 8.16. The summed E-state index contributed by atoms with van der Waals surface area (Å²) in [5.41, 5.74) is 4.18.